The lowest BCUT2D eigenvalue weighted by Gasteiger charge is -2.07. The van der Waals surface area contributed by atoms with E-state index in [9.17, 15) is 4.79 Å². The molecule has 1 heterocycles. The Morgan fingerprint density at radius 2 is 2.19 bits per heavy atom. The summed E-state index contributed by atoms with van der Waals surface area (Å²) in [6.45, 7) is 5.41. The van der Waals surface area contributed by atoms with Crippen LogP contribution in [0.15, 0.2) is 35.9 Å². The molecule has 110 valence electrons. The van der Waals surface area contributed by atoms with Gasteiger partial charge in [0.2, 0.25) is 5.91 Å². The molecule has 4 heteroatoms. The molecule has 4 nitrogen and oxygen atoms in total. The zero-order valence-electron chi connectivity index (χ0n) is 12.6. The summed E-state index contributed by atoms with van der Waals surface area (Å²) in [7, 11) is 0. The van der Waals surface area contributed by atoms with Crippen molar-refractivity contribution in [2.24, 2.45) is 5.92 Å². The van der Waals surface area contributed by atoms with E-state index in [4.69, 9.17) is 0 Å². The minimum Gasteiger partial charge on any atom is -0.351 e. The van der Waals surface area contributed by atoms with Gasteiger partial charge in [-0.3, -0.25) is 4.79 Å². The fraction of sp³-hybridized carbons (Fsp3) is 0.412. The van der Waals surface area contributed by atoms with Crippen LogP contribution in [-0.2, 0) is 11.3 Å². The van der Waals surface area contributed by atoms with Crippen LogP contribution in [0.2, 0.25) is 0 Å². The second-order valence-corrected chi connectivity index (χ2v) is 5.75. The highest BCUT2D eigenvalue weighted by atomic mass is 16.1. The summed E-state index contributed by atoms with van der Waals surface area (Å²) in [4.78, 5) is 16.4. The van der Waals surface area contributed by atoms with Gasteiger partial charge in [-0.15, -0.1) is 0 Å². The van der Waals surface area contributed by atoms with Crippen LogP contribution in [0.5, 0.6) is 0 Å². The first-order valence-corrected chi connectivity index (χ1v) is 7.53. The lowest BCUT2D eigenvalue weighted by Crippen LogP contribution is -2.26. The summed E-state index contributed by atoms with van der Waals surface area (Å²) >= 11 is 0. The second kappa shape index (κ2) is 5.72. The molecule has 3 rings (SSSR count). The van der Waals surface area contributed by atoms with Gasteiger partial charge in [-0.25, -0.2) is 4.98 Å². The number of hydrogen-bond donors (Lipinski definition) is 1. The molecular weight excluding hydrogens is 262 g/mol. The maximum absolute atomic E-state index is 11.9. The molecule has 1 N–H and O–H groups in total. The van der Waals surface area contributed by atoms with Gasteiger partial charge in [-0.2, -0.15) is 0 Å². The first kappa shape index (κ1) is 13.9. The number of allylic oxidation sites excluding steroid dienone is 1. The van der Waals surface area contributed by atoms with Gasteiger partial charge in [0.25, 0.3) is 0 Å². The van der Waals surface area contributed by atoms with Gasteiger partial charge in [-0.1, -0.05) is 17.7 Å². The molecule has 21 heavy (non-hydrogen) atoms. The largest absolute Gasteiger partial charge is 0.351 e. The monoisotopic (exact) mass is 283 g/mol. The molecule has 0 radical (unpaired) electrons. The Hall–Kier alpha value is -2.10. The van der Waals surface area contributed by atoms with Crippen LogP contribution in [0, 0.1) is 12.8 Å². The third-order valence-electron chi connectivity index (χ3n) is 4.06. The molecule has 1 fully saturated rings. The SMILES string of the molecule is C/C(=C/C(=O)NCCn1c(C)nc2ccccc21)C1CC1. The van der Waals surface area contributed by atoms with Crippen LogP contribution in [0.3, 0.4) is 0 Å². The van der Waals surface area contributed by atoms with Gasteiger partial charge in [0.15, 0.2) is 0 Å². The van der Waals surface area contributed by atoms with E-state index in [1.54, 1.807) is 6.08 Å². The van der Waals surface area contributed by atoms with Crippen LogP contribution < -0.4 is 5.32 Å². The molecule has 1 amide bonds. The van der Waals surface area contributed by atoms with E-state index in [2.05, 4.69) is 20.9 Å². The maximum atomic E-state index is 11.9. The average Bonchev–Trinajstić information content (AvgIpc) is 3.25. The minimum absolute atomic E-state index is 0.0153. The number of rotatable bonds is 5. The smallest absolute Gasteiger partial charge is 0.243 e. The molecule has 0 saturated heterocycles. The van der Waals surface area contributed by atoms with Crippen molar-refractivity contribution >= 4 is 16.9 Å². The second-order valence-electron chi connectivity index (χ2n) is 5.75. The van der Waals surface area contributed by atoms with E-state index in [1.807, 2.05) is 32.0 Å². The molecule has 1 aromatic heterocycles. The number of aromatic nitrogens is 2. The number of carbonyl (C=O) groups is 1. The van der Waals surface area contributed by atoms with Gasteiger partial charge in [-0.05, 0) is 44.7 Å². The standard InChI is InChI=1S/C17H21N3O/c1-12(14-7-8-14)11-17(21)18-9-10-20-13(2)19-15-5-3-4-6-16(15)20/h3-6,11,14H,7-10H2,1-2H3,(H,18,21)/b12-11-. The van der Waals surface area contributed by atoms with Crippen molar-refractivity contribution in [3.05, 3.63) is 41.7 Å². The predicted molar refractivity (Wildman–Crippen MR) is 84.0 cm³/mol. The molecule has 0 unspecified atom stereocenters. The minimum atomic E-state index is 0.0153. The Labute approximate surface area is 124 Å². The van der Waals surface area contributed by atoms with Gasteiger partial charge in [0.1, 0.15) is 5.82 Å². The van der Waals surface area contributed by atoms with Crippen molar-refractivity contribution in [3.63, 3.8) is 0 Å². The van der Waals surface area contributed by atoms with E-state index < -0.39 is 0 Å². The fourth-order valence-electron chi connectivity index (χ4n) is 2.68. The number of benzene rings is 1. The lowest BCUT2D eigenvalue weighted by atomic mass is 10.2. The number of imidazole rings is 1. The molecule has 0 aliphatic heterocycles. The van der Waals surface area contributed by atoms with Crippen LogP contribution in [0.4, 0.5) is 0 Å². The molecule has 2 aromatic rings. The fourth-order valence-corrected chi connectivity index (χ4v) is 2.68. The Morgan fingerprint density at radius 1 is 1.43 bits per heavy atom. The molecule has 1 aliphatic rings. The predicted octanol–water partition coefficient (Wildman–Crippen LogP) is 2.82. The quantitative estimate of drug-likeness (QED) is 0.858. The van der Waals surface area contributed by atoms with Gasteiger partial charge >= 0.3 is 0 Å². The van der Waals surface area contributed by atoms with Gasteiger partial charge < -0.3 is 9.88 Å². The summed E-state index contributed by atoms with van der Waals surface area (Å²) in [5.41, 5.74) is 3.33. The number of para-hydroxylation sites is 2. The third-order valence-corrected chi connectivity index (χ3v) is 4.06. The number of amides is 1. The van der Waals surface area contributed by atoms with E-state index in [1.165, 1.54) is 18.4 Å². The Bertz CT molecular complexity index is 695. The molecule has 1 aliphatic carbocycles. The Balaban J connectivity index is 1.60. The molecule has 1 aromatic carbocycles. The first-order valence-electron chi connectivity index (χ1n) is 7.53. The molecule has 0 spiro atoms. The van der Waals surface area contributed by atoms with E-state index >= 15 is 0 Å². The summed E-state index contributed by atoms with van der Waals surface area (Å²) in [5, 5.41) is 2.96. The number of nitrogens with zero attached hydrogens (tertiary/aromatic N) is 2. The highest BCUT2D eigenvalue weighted by Gasteiger charge is 2.23. The van der Waals surface area contributed by atoms with Crippen molar-refractivity contribution in [1.29, 1.82) is 0 Å². The highest BCUT2D eigenvalue weighted by molar-refractivity contribution is 5.88. The van der Waals surface area contributed by atoms with Crippen LogP contribution in [0.25, 0.3) is 11.0 Å². The zero-order chi connectivity index (χ0) is 14.8. The molecule has 0 bridgehead atoms. The van der Waals surface area contributed by atoms with Gasteiger partial charge in [0, 0.05) is 19.2 Å². The van der Waals surface area contributed by atoms with Crippen LogP contribution in [-0.4, -0.2) is 22.0 Å². The summed E-state index contributed by atoms with van der Waals surface area (Å²) in [6, 6.07) is 8.08. The molecular formula is C17H21N3O. The van der Waals surface area contributed by atoms with E-state index in [0.29, 0.717) is 12.5 Å². The van der Waals surface area contributed by atoms with Crippen molar-refractivity contribution in [1.82, 2.24) is 14.9 Å². The summed E-state index contributed by atoms with van der Waals surface area (Å²) in [5.74, 6) is 1.65. The summed E-state index contributed by atoms with van der Waals surface area (Å²) in [6.07, 6.45) is 4.21. The Morgan fingerprint density at radius 3 is 2.95 bits per heavy atom. The number of fused-ring (bicyclic) bond motifs is 1. The number of hydrogen-bond acceptors (Lipinski definition) is 2. The third kappa shape index (κ3) is 3.15. The topological polar surface area (TPSA) is 46.9 Å². The van der Waals surface area contributed by atoms with Crippen molar-refractivity contribution in [2.75, 3.05) is 6.54 Å². The molecule has 0 atom stereocenters. The van der Waals surface area contributed by atoms with Crippen molar-refractivity contribution in [3.8, 4) is 0 Å². The summed E-state index contributed by atoms with van der Waals surface area (Å²) < 4.78 is 2.15. The zero-order valence-corrected chi connectivity index (χ0v) is 12.6. The van der Waals surface area contributed by atoms with Crippen LogP contribution >= 0.6 is 0 Å². The highest BCUT2D eigenvalue weighted by Crippen LogP contribution is 2.35. The molecule has 1 saturated carbocycles. The number of nitrogens with one attached hydrogen (secondary N) is 1. The normalized spacial score (nSPS) is 15.4. The maximum Gasteiger partial charge on any atom is 0.243 e. The number of carbonyl (C=O) groups excluding carboxylic acids is 1. The lowest BCUT2D eigenvalue weighted by molar-refractivity contribution is -0.116. The van der Waals surface area contributed by atoms with Crippen molar-refractivity contribution in [2.45, 2.75) is 33.2 Å². The average molecular weight is 283 g/mol. The van der Waals surface area contributed by atoms with Crippen LogP contribution in [0.1, 0.15) is 25.6 Å². The van der Waals surface area contributed by atoms with E-state index in [-0.39, 0.29) is 5.91 Å². The Kier molecular flexibility index (Phi) is 3.78. The van der Waals surface area contributed by atoms with Gasteiger partial charge in [0.05, 0.1) is 11.0 Å². The van der Waals surface area contributed by atoms with E-state index in [0.717, 1.165) is 23.4 Å². The van der Waals surface area contributed by atoms with Crippen molar-refractivity contribution < 1.29 is 4.79 Å². The number of aryl methyl sites for hydroxylation is 1. The first-order chi connectivity index (χ1) is 10.1.